The molecule has 0 bridgehead atoms. The minimum Gasteiger partial charge on any atom is -0.478 e. The first-order valence-electron chi connectivity index (χ1n) is 5.56. The molecule has 1 heterocycles. The molecule has 0 fully saturated rings. The van der Waals surface area contributed by atoms with E-state index < -0.39 is 5.97 Å². The van der Waals surface area contributed by atoms with Crippen molar-refractivity contribution in [1.82, 2.24) is 4.57 Å². The van der Waals surface area contributed by atoms with Crippen molar-refractivity contribution >= 4 is 16.9 Å². The van der Waals surface area contributed by atoms with E-state index in [9.17, 15) is 9.90 Å². The van der Waals surface area contributed by atoms with Gasteiger partial charge in [-0.2, -0.15) is 0 Å². The van der Waals surface area contributed by atoms with Gasteiger partial charge in [-0.1, -0.05) is 6.07 Å². The van der Waals surface area contributed by atoms with E-state index >= 15 is 0 Å². The summed E-state index contributed by atoms with van der Waals surface area (Å²) in [7, 11) is 1.90. The number of rotatable bonds is 4. The van der Waals surface area contributed by atoms with E-state index in [1.54, 1.807) is 12.1 Å². The van der Waals surface area contributed by atoms with E-state index in [-0.39, 0.29) is 6.61 Å². The molecule has 0 unspecified atom stereocenters. The van der Waals surface area contributed by atoms with Gasteiger partial charge in [0.2, 0.25) is 0 Å². The molecular weight excluding hydrogens is 218 g/mol. The Balaban J connectivity index is 2.63. The number of fused-ring (bicyclic) bond motifs is 1. The first-order chi connectivity index (χ1) is 8.15. The molecule has 0 saturated carbocycles. The quantitative estimate of drug-likeness (QED) is 0.846. The number of aromatic carboxylic acids is 1. The molecule has 0 aliphatic rings. The number of aromatic nitrogens is 1. The summed E-state index contributed by atoms with van der Waals surface area (Å²) in [6.07, 6.45) is 3.28. The predicted octanol–water partition coefficient (Wildman–Crippen LogP) is 1.80. The van der Waals surface area contributed by atoms with Gasteiger partial charge in [-0.3, -0.25) is 0 Å². The highest BCUT2D eigenvalue weighted by Gasteiger charge is 2.14. The first kappa shape index (κ1) is 11.7. The third kappa shape index (κ3) is 2.03. The maximum Gasteiger partial charge on any atom is 0.336 e. The summed E-state index contributed by atoms with van der Waals surface area (Å²) in [6, 6.07) is 5.28. The Kier molecular flexibility index (Phi) is 3.15. The number of carboxylic acid groups (broad SMARTS) is 1. The van der Waals surface area contributed by atoms with Gasteiger partial charge < -0.3 is 14.8 Å². The lowest BCUT2D eigenvalue weighted by Gasteiger charge is -2.01. The number of carboxylic acids is 1. The van der Waals surface area contributed by atoms with Crippen LogP contribution in [-0.4, -0.2) is 27.4 Å². The molecule has 0 saturated heterocycles. The fraction of sp³-hybridized carbons (Fsp3) is 0.308. The second kappa shape index (κ2) is 4.59. The summed E-state index contributed by atoms with van der Waals surface area (Å²) in [5, 5.41) is 18.8. The van der Waals surface area contributed by atoms with E-state index in [0.717, 1.165) is 16.5 Å². The van der Waals surface area contributed by atoms with Crippen LogP contribution in [0.15, 0.2) is 24.4 Å². The fourth-order valence-corrected chi connectivity index (χ4v) is 2.18. The summed E-state index contributed by atoms with van der Waals surface area (Å²) >= 11 is 0. The number of hydrogen-bond donors (Lipinski definition) is 2. The molecule has 1 aromatic carbocycles. The van der Waals surface area contributed by atoms with E-state index in [4.69, 9.17) is 5.11 Å². The second-order valence-corrected chi connectivity index (χ2v) is 4.10. The second-order valence-electron chi connectivity index (χ2n) is 4.10. The molecule has 0 amide bonds. The van der Waals surface area contributed by atoms with E-state index in [1.807, 2.05) is 23.9 Å². The molecule has 1 aromatic heterocycles. The Bertz CT molecular complexity index is 557. The minimum absolute atomic E-state index is 0.117. The number of aliphatic hydroxyl groups is 1. The van der Waals surface area contributed by atoms with Crippen LogP contribution in [0.3, 0.4) is 0 Å². The molecule has 2 N–H and O–H groups in total. The lowest BCUT2D eigenvalue weighted by molar-refractivity contribution is 0.0699. The van der Waals surface area contributed by atoms with Crippen LogP contribution in [0.4, 0.5) is 0 Å². The normalized spacial score (nSPS) is 10.9. The summed E-state index contributed by atoms with van der Waals surface area (Å²) in [5.74, 6) is -0.910. The van der Waals surface area contributed by atoms with E-state index in [2.05, 4.69) is 0 Å². The Morgan fingerprint density at radius 2 is 2.18 bits per heavy atom. The van der Waals surface area contributed by atoms with Crippen molar-refractivity contribution in [2.24, 2.45) is 7.05 Å². The predicted molar refractivity (Wildman–Crippen MR) is 65.3 cm³/mol. The Morgan fingerprint density at radius 3 is 2.82 bits per heavy atom. The molecule has 0 aliphatic heterocycles. The van der Waals surface area contributed by atoms with E-state index in [1.165, 1.54) is 0 Å². The van der Waals surface area contributed by atoms with Crippen molar-refractivity contribution in [3.8, 4) is 0 Å². The average molecular weight is 233 g/mol. The van der Waals surface area contributed by atoms with Gasteiger partial charge in [-0.05, 0) is 30.5 Å². The zero-order valence-electron chi connectivity index (χ0n) is 9.68. The van der Waals surface area contributed by atoms with Crippen LogP contribution < -0.4 is 0 Å². The Hall–Kier alpha value is -1.81. The van der Waals surface area contributed by atoms with Gasteiger partial charge in [0.15, 0.2) is 0 Å². The van der Waals surface area contributed by atoms with Gasteiger partial charge in [-0.25, -0.2) is 4.79 Å². The maximum absolute atomic E-state index is 11.2. The standard InChI is InChI=1S/C13H15NO3/c1-14-8-9(4-3-7-15)12-10(13(16)17)5-2-6-11(12)14/h2,5-6,8,15H,3-4,7H2,1H3,(H,16,17). The highest BCUT2D eigenvalue weighted by Crippen LogP contribution is 2.25. The van der Waals surface area contributed by atoms with Gasteiger partial charge in [0.1, 0.15) is 0 Å². The molecule has 2 aromatic rings. The van der Waals surface area contributed by atoms with Crippen molar-refractivity contribution in [3.63, 3.8) is 0 Å². The molecule has 90 valence electrons. The lowest BCUT2D eigenvalue weighted by atomic mass is 10.0. The van der Waals surface area contributed by atoms with Crippen molar-refractivity contribution in [1.29, 1.82) is 0 Å². The number of hydrogen-bond acceptors (Lipinski definition) is 2. The van der Waals surface area contributed by atoms with Crippen molar-refractivity contribution in [3.05, 3.63) is 35.5 Å². The number of benzene rings is 1. The highest BCUT2D eigenvalue weighted by molar-refractivity contribution is 6.04. The van der Waals surface area contributed by atoms with E-state index in [0.29, 0.717) is 18.4 Å². The Labute approximate surface area is 99.1 Å². The summed E-state index contributed by atoms with van der Waals surface area (Å²) < 4.78 is 1.93. The fourth-order valence-electron chi connectivity index (χ4n) is 2.18. The molecule has 0 radical (unpaired) electrons. The van der Waals surface area contributed by atoms with Crippen LogP contribution >= 0.6 is 0 Å². The van der Waals surface area contributed by atoms with Gasteiger partial charge in [0, 0.05) is 30.8 Å². The molecule has 2 rings (SSSR count). The maximum atomic E-state index is 11.2. The van der Waals surface area contributed by atoms with Crippen LogP contribution in [0.1, 0.15) is 22.3 Å². The smallest absolute Gasteiger partial charge is 0.336 e. The lowest BCUT2D eigenvalue weighted by Crippen LogP contribution is -1.98. The van der Waals surface area contributed by atoms with Crippen LogP contribution in [0.5, 0.6) is 0 Å². The van der Waals surface area contributed by atoms with Crippen LogP contribution in [0, 0.1) is 0 Å². The van der Waals surface area contributed by atoms with Crippen molar-refractivity contribution in [2.45, 2.75) is 12.8 Å². The third-order valence-corrected chi connectivity index (χ3v) is 2.93. The van der Waals surface area contributed by atoms with Crippen molar-refractivity contribution in [2.75, 3.05) is 6.61 Å². The SMILES string of the molecule is Cn1cc(CCCO)c2c(C(=O)O)cccc21. The zero-order valence-corrected chi connectivity index (χ0v) is 9.68. The summed E-state index contributed by atoms with van der Waals surface area (Å²) in [4.78, 5) is 11.2. The number of aryl methyl sites for hydroxylation is 2. The van der Waals surface area contributed by atoms with Crippen LogP contribution in [0.25, 0.3) is 10.9 Å². The number of nitrogens with zero attached hydrogens (tertiary/aromatic N) is 1. The molecule has 4 nitrogen and oxygen atoms in total. The van der Waals surface area contributed by atoms with Gasteiger partial charge in [-0.15, -0.1) is 0 Å². The first-order valence-corrected chi connectivity index (χ1v) is 5.56. The topological polar surface area (TPSA) is 62.5 Å². The van der Waals surface area contributed by atoms with Gasteiger partial charge in [0.05, 0.1) is 5.56 Å². The Morgan fingerprint density at radius 1 is 1.41 bits per heavy atom. The van der Waals surface area contributed by atoms with Gasteiger partial charge in [0.25, 0.3) is 0 Å². The molecule has 0 aliphatic carbocycles. The zero-order chi connectivity index (χ0) is 12.4. The average Bonchev–Trinajstić information content (AvgIpc) is 2.64. The third-order valence-electron chi connectivity index (χ3n) is 2.93. The molecule has 17 heavy (non-hydrogen) atoms. The van der Waals surface area contributed by atoms with Crippen molar-refractivity contribution < 1.29 is 15.0 Å². The summed E-state index contributed by atoms with van der Waals surface area (Å²) in [5.41, 5.74) is 2.23. The number of aliphatic hydroxyl groups excluding tert-OH is 1. The molecule has 0 atom stereocenters. The molecule has 0 spiro atoms. The minimum atomic E-state index is -0.910. The molecular formula is C13H15NO3. The monoisotopic (exact) mass is 233 g/mol. The van der Waals surface area contributed by atoms with Crippen LogP contribution in [0.2, 0.25) is 0 Å². The molecule has 4 heteroatoms. The largest absolute Gasteiger partial charge is 0.478 e. The summed E-state index contributed by atoms with van der Waals surface area (Å²) in [6.45, 7) is 0.117. The number of carbonyl (C=O) groups is 1. The van der Waals surface area contributed by atoms with Gasteiger partial charge >= 0.3 is 5.97 Å². The van der Waals surface area contributed by atoms with Crippen LogP contribution in [-0.2, 0) is 13.5 Å². The highest BCUT2D eigenvalue weighted by atomic mass is 16.4.